The molecule has 2 aliphatic rings. The first kappa shape index (κ1) is 23.1. The summed E-state index contributed by atoms with van der Waals surface area (Å²) < 4.78 is 71.4. The van der Waals surface area contributed by atoms with Crippen LogP contribution in [-0.4, -0.2) is 73.0 Å². The number of aromatic nitrogens is 4. The van der Waals surface area contributed by atoms with Crippen LogP contribution in [0.1, 0.15) is 31.4 Å². The number of rotatable bonds is 6. The summed E-state index contributed by atoms with van der Waals surface area (Å²) in [5.41, 5.74) is 0.356. The number of alkyl halides is 5. The molecular formula is C19H21F5N6O3. The summed E-state index contributed by atoms with van der Waals surface area (Å²) in [4.78, 5) is 20.4. The summed E-state index contributed by atoms with van der Waals surface area (Å²) in [6.07, 6.45) is -4.20. The van der Waals surface area contributed by atoms with Gasteiger partial charge >= 0.3 is 12.1 Å². The fourth-order valence-corrected chi connectivity index (χ4v) is 3.63. The van der Waals surface area contributed by atoms with E-state index in [-0.39, 0.29) is 69.1 Å². The zero-order chi connectivity index (χ0) is 23.8. The largest absolute Gasteiger partial charge is 0.471 e. The molecule has 0 aromatic carbocycles. The van der Waals surface area contributed by atoms with Gasteiger partial charge < -0.3 is 20.1 Å². The van der Waals surface area contributed by atoms with E-state index in [1.165, 1.54) is 16.9 Å². The maximum Gasteiger partial charge on any atom is 0.471 e. The first-order valence-electron chi connectivity index (χ1n) is 10.2. The zero-order valence-corrected chi connectivity index (χ0v) is 17.2. The van der Waals surface area contributed by atoms with Crippen molar-refractivity contribution in [2.45, 2.75) is 56.5 Å². The summed E-state index contributed by atoms with van der Waals surface area (Å²) in [5.74, 6) is -4.28. The highest BCUT2D eigenvalue weighted by Crippen LogP contribution is 2.34. The van der Waals surface area contributed by atoms with Crippen molar-refractivity contribution in [1.29, 1.82) is 0 Å². The highest BCUT2D eigenvalue weighted by atomic mass is 19.4. The van der Waals surface area contributed by atoms with Crippen molar-refractivity contribution < 1.29 is 36.6 Å². The second kappa shape index (κ2) is 8.72. The number of amides is 1. The van der Waals surface area contributed by atoms with E-state index in [0.29, 0.717) is 10.6 Å². The molecule has 2 N–H and O–H groups in total. The fraction of sp³-hybridized carbons (Fsp3) is 0.579. The number of aliphatic hydroxyl groups excluding tert-OH is 1. The molecule has 33 heavy (non-hydrogen) atoms. The molecule has 1 saturated heterocycles. The van der Waals surface area contributed by atoms with Crippen molar-refractivity contribution in [3.8, 4) is 11.8 Å². The number of anilines is 1. The minimum atomic E-state index is -4.95. The molecule has 3 heterocycles. The standard InChI is InChI=1S/C19H21F5N6O3/c20-18(21)4-1-11(2-5-18)25-14-7-15(27-17(26-14)30-6-3-12(10-31)28-30)33-13-8-29(9-13)16(32)19(22,23)24/h3,6-7,11,13,31H,1-2,4-5,8-10H2,(H,25,26,27). The van der Waals surface area contributed by atoms with Crippen LogP contribution < -0.4 is 10.1 Å². The van der Waals surface area contributed by atoms with Crippen molar-refractivity contribution in [3.05, 3.63) is 24.0 Å². The Bertz CT molecular complexity index is 998. The molecule has 180 valence electrons. The van der Waals surface area contributed by atoms with Crippen LogP contribution in [0.25, 0.3) is 5.95 Å². The van der Waals surface area contributed by atoms with Crippen LogP contribution >= 0.6 is 0 Å². The third-order valence-electron chi connectivity index (χ3n) is 5.44. The summed E-state index contributed by atoms with van der Waals surface area (Å²) in [6.45, 7) is -0.821. The van der Waals surface area contributed by atoms with E-state index < -0.39 is 24.1 Å². The molecule has 1 amide bonds. The summed E-state index contributed by atoms with van der Waals surface area (Å²) >= 11 is 0. The average Bonchev–Trinajstić information content (AvgIpc) is 3.20. The van der Waals surface area contributed by atoms with Gasteiger partial charge in [-0.25, -0.2) is 13.5 Å². The van der Waals surface area contributed by atoms with E-state index in [0.717, 1.165) is 0 Å². The first-order chi connectivity index (χ1) is 15.5. The van der Waals surface area contributed by atoms with E-state index in [2.05, 4.69) is 20.4 Å². The molecule has 2 fully saturated rings. The number of carbonyl (C=O) groups excluding carboxylic acids is 1. The maximum atomic E-state index is 13.4. The molecule has 2 aromatic heterocycles. The number of hydrogen-bond acceptors (Lipinski definition) is 7. The lowest BCUT2D eigenvalue weighted by Crippen LogP contribution is -2.59. The Balaban J connectivity index is 1.49. The van der Waals surface area contributed by atoms with Gasteiger partial charge in [0.05, 0.1) is 25.4 Å². The maximum absolute atomic E-state index is 13.4. The SMILES string of the molecule is O=C(N1CC(Oc2cc(NC3CCC(F)(F)CC3)nc(-n3ccc(CO)n3)n2)C1)C(F)(F)F. The van der Waals surface area contributed by atoms with Gasteiger partial charge in [-0.3, -0.25) is 4.79 Å². The van der Waals surface area contributed by atoms with Gasteiger partial charge in [0.1, 0.15) is 11.9 Å². The number of nitrogens with one attached hydrogen (secondary N) is 1. The number of likely N-dealkylation sites (tertiary alicyclic amines) is 1. The van der Waals surface area contributed by atoms with Gasteiger partial charge in [-0.05, 0) is 18.9 Å². The third kappa shape index (κ3) is 5.49. The van der Waals surface area contributed by atoms with Crippen LogP contribution in [0.5, 0.6) is 5.88 Å². The molecule has 2 aromatic rings. The molecule has 0 spiro atoms. The smallest absolute Gasteiger partial charge is 0.470 e. The molecule has 0 unspecified atom stereocenters. The van der Waals surface area contributed by atoms with Crippen molar-refractivity contribution in [2.24, 2.45) is 0 Å². The van der Waals surface area contributed by atoms with Crippen molar-refractivity contribution in [3.63, 3.8) is 0 Å². The van der Waals surface area contributed by atoms with Gasteiger partial charge in [-0.1, -0.05) is 0 Å². The Hall–Kier alpha value is -3.03. The summed E-state index contributed by atoms with van der Waals surface area (Å²) in [7, 11) is 0. The van der Waals surface area contributed by atoms with Crippen LogP contribution in [0.15, 0.2) is 18.3 Å². The molecular weight excluding hydrogens is 455 g/mol. The van der Waals surface area contributed by atoms with E-state index >= 15 is 0 Å². The number of carbonyl (C=O) groups is 1. The van der Waals surface area contributed by atoms with Gasteiger partial charge in [-0.15, -0.1) is 0 Å². The lowest BCUT2D eigenvalue weighted by molar-refractivity contribution is -0.193. The summed E-state index contributed by atoms with van der Waals surface area (Å²) in [5, 5.41) is 16.4. The van der Waals surface area contributed by atoms with Gasteiger partial charge in [0, 0.05) is 31.1 Å². The number of hydrogen-bond donors (Lipinski definition) is 2. The van der Waals surface area contributed by atoms with Gasteiger partial charge in [-0.2, -0.15) is 28.2 Å². The quantitative estimate of drug-likeness (QED) is 0.617. The molecule has 1 aliphatic heterocycles. The Morgan fingerprint density at radius 3 is 2.55 bits per heavy atom. The van der Waals surface area contributed by atoms with E-state index in [4.69, 9.17) is 4.74 Å². The van der Waals surface area contributed by atoms with Crippen molar-refractivity contribution >= 4 is 11.7 Å². The van der Waals surface area contributed by atoms with Crippen LogP contribution in [0.4, 0.5) is 27.8 Å². The minimum Gasteiger partial charge on any atom is -0.470 e. The molecule has 4 rings (SSSR count). The predicted octanol–water partition coefficient (Wildman–Crippen LogP) is 2.30. The lowest BCUT2D eigenvalue weighted by Gasteiger charge is -2.38. The second-order valence-corrected chi connectivity index (χ2v) is 8.02. The monoisotopic (exact) mass is 476 g/mol. The van der Waals surface area contributed by atoms with E-state index in [1.54, 1.807) is 6.07 Å². The second-order valence-electron chi connectivity index (χ2n) is 8.02. The highest BCUT2D eigenvalue weighted by molar-refractivity contribution is 5.82. The third-order valence-corrected chi connectivity index (χ3v) is 5.44. The normalized spacial score (nSPS) is 19.3. The first-order valence-corrected chi connectivity index (χ1v) is 10.2. The Morgan fingerprint density at radius 2 is 1.94 bits per heavy atom. The van der Waals surface area contributed by atoms with Gasteiger partial charge in [0.2, 0.25) is 11.8 Å². The highest BCUT2D eigenvalue weighted by Gasteiger charge is 2.47. The Kier molecular flexibility index (Phi) is 6.12. The van der Waals surface area contributed by atoms with E-state index in [1.807, 2.05) is 0 Å². The van der Waals surface area contributed by atoms with Crippen LogP contribution in [0.2, 0.25) is 0 Å². The molecule has 0 radical (unpaired) electrons. The van der Waals surface area contributed by atoms with Gasteiger partial charge in [0.25, 0.3) is 5.95 Å². The molecule has 0 atom stereocenters. The fourth-order valence-electron chi connectivity index (χ4n) is 3.63. The van der Waals surface area contributed by atoms with E-state index in [9.17, 15) is 31.9 Å². The van der Waals surface area contributed by atoms with Crippen LogP contribution in [0, 0.1) is 0 Å². The number of ether oxygens (including phenoxy) is 1. The van der Waals surface area contributed by atoms with Crippen molar-refractivity contribution in [2.75, 3.05) is 18.4 Å². The topological polar surface area (TPSA) is 105 Å². The Labute approximate surface area is 184 Å². The number of aliphatic hydroxyl groups is 1. The molecule has 0 bridgehead atoms. The zero-order valence-electron chi connectivity index (χ0n) is 17.2. The summed E-state index contributed by atoms with van der Waals surface area (Å²) in [6, 6.07) is 2.70. The molecule has 1 saturated carbocycles. The lowest BCUT2D eigenvalue weighted by atomic mass is 9.92. The van der Waals surface area contributed by atoms with Crippen molar-refractivity contribution in [1.82, 2.24) is 24.6 Å². The number of halogens is 5. The molecule has 1 aliphatic carbocycles. The minimum absolute atomic E-state index is 0.0220. The van der Waals surface area contributed by atoms with Crippen LogP contribution in [-0.2, 0) is 11.4 Å². The average molecular weight is 476 g/mol. The molecule has 14 heteroatoms. The Morgan fingerprint density at radius 1 is 1.24 bits per heavy atom. The number of nitrogens with zero attached hydrogens (tertiary/aromatic N) is 5. The molecule has 9 nitrogen and oxygen atoms in total. The predicted molar refractivity (Wildman–Crippen MR) is 103 cm³/mol. The van der Waals surface area contributed by atoms with Gasteiger partial charge in [0.15, 0.2) is 0 Å². The van der Waals surface area contributed by atoms with Crippen LogP contribution in [0.3, 0.4) is 0 Å².